The number of guanidine groups is 1. The molecule has 0 aromatic heterocycles. The Bertz CT molecular complexity index is 505. The zero-order chi connectivity index (χ0) is 17.4. The summed E-state index contributed by atoms with van der Waals surface area (Å²) < 4.78 is 0. The molecule has 0 spiro atoms. The Kier molecular flexibility index (Phi) is 6.91. The highest BCUT2D eigenvalue weighted by molar-refractivity contribution is 5.80. The van der Waals surface area contributed by atoms with E-state index in [0.29, 0.717) is 6.54 Å². The maximum absolute atomic E-state index is 10.5. The van der Waals surface area contributed by atoms with Gasteiger partial charge in [0.15, 0.2) is 5.96 Å². The lowest BCUT2D eigenvalue weighted by Crippen LogP contribution is -2.53. The zero-order valence-corrected chi connectivity index (χ0v) is 15.3. The van der Waals surface area contributed by atoms with Crippen LogP contribution in [0.3, 0.4) is 0 Å². The molecule has 5 nitrogen and oxygen atoms in total. The van der Waals surface area contributed by atoms with E-state index in [1.165, 1.54) is 5.69 Å². The average Bonchev–Trinajstić information content (AvgIpc) is 2.66. The molecule has 1 heterocycles. The standard InChI is InChI=1S/C19H32N4O/c1-4-19(24,5-2)16-21-18(20-6-3)23-14-12-22(13-15-23)17-10-8-7-9-11-17/h7-11,24H,4-6,12-16H2,1-3H3,(H,20,21). The molecular formula is C19H32N4O. The lowest BCUT2D eigenvalue weighted by Gasteiger charge is -2.38. The van der Waals surface area contributed by atoms with Crippen LogP contribution in [-0.4, -0.2) is 60.8 Å². The van der Waals surface area contributed by atoms with Crippen molar-refractivity contribution in [3.63, 3.8) is 0 Å². The molecule has 0 atom stereocenters. The molecule has 0 bridgehead atoms. The number of rotatable bonds is 6. The van der Waals surface area contributed by atoms with E-state index in [1.807, 2.05) is 13.8 Å². The third-order valence-corrected chi connectivity index (χ3v) is 4.87. The normalized spacial score (nSPS) is 16.4. The van der Waals surface area contributed by atoms with Crippen molar-refractivity contribution < 1.29 is 5.11 Å². The van der Waals surface area contributed by atoms with Crippen LogP contribution < -0.4 is 10.2 Å². The summed E-state index contributed by atoms with van der Waals surface area (Å²) in [5.74, 6) is 0.922. The Morgan fingerprint density at radius 2 is 1.71 bits per heavy atom. The van der Waals surface area contributed by atoms with E-state index in [4.69, 9.17) is 4.99 Å². The van der Waals surface area contributed by atoms with Crippen molar-refractivity contribution in [2.24, 2.45) is 4.99 Å². The van der Waals surface area contributed by atoms with Crippen LogP contribution in [0.2, 0.25) is 0 Å². The van der Waals surface area contributed by atoms with Gasteiger partial charge in [0.25, 0.3) is 0 Å². The quantitative estimate of drug-likeness (QED) is 0.620. The molecule has 134 valence electrons. The summed E-state index contributed by atoms with van der Waals surface area (Å²) in [6.45, 7) is 11.3. The maximum Gasteiger partial charge on any atom is 0.194 e. The van der Waals surface area contributed by atoms with Crippen LogP contribution in [0.15, 0.2) is 35.3 Å². The second kappa shape index (κ2) is 8.92. The Balaban J connectivity index is 1.98. The second-order valence-corrected chi connectivity index (χ2v) is 6.41. The van der Waals surface area contributed by atoms with Crippen LogP contribution >= 0.6 is 0 Å². The molecule has 1 aromatic carbocycles. The molecule has 1 aromatic rings. The summed E-state index contributed by atoms with van der Waals surface area (Å²) in [5, 5.41) is 13.8. The van der Waals surface area contributed by atoms with Gasteiger partial charge in [-0.3, -0.25) is 4.99 Å². The highest BCUT2D eigenvalue weighted by Crippen LogP contribution is 2.17. The average molecular weight is 332 g/mol. The highest BCUT2D eigenvalue weighted by atomic mass is 16.3. The fourth-order valence-corrected chi connectivity index (χ4v) is 2.94. The van der Waals surface area contributed by atoms with Crippen LogP contribution in [0, 0.1) is 0 Å². The minimum atomic E-state index is -0.688. The van der Waals surface area contributed by atoms with E-state index in [9.17, 15) is 5.11 Å². The van der Waals surface area contributed by atoms with Crippen molar-refractivity contribution in [2.45, 2.75) is 39.2 Å². The van der Waals surface area contributed by atoms with Crippen molar-refractivity contribution >= 4 is 11.6 Å². The van der Waals surface area contributed by atoms with Gasteiger partial charge >= 0.3 is 0 Å². The van der Waals surface area contributed by atoms with Gasteiger partial charge in [-0.15, -0.1) is 0 Å². The fourth-order valence-electron chi connectivity index (χ4n) is 2.94. The van der Waals surface area contributed by atoms with Crippen LogP contribution in [0.1, 0.15) is 33.6 Å². The first-order valence-electron chi connectivity index (χ1n) is 9.17. The van der Waals surface area contributed by atoms with Crippen LogP contribution in [-0.2, 0) is 0 Å². The monoisotopic (exact) mass is 332 g/mol. The van der Waals surface area contributed by atoms with Gasteiger partial charge < -0.3 is 20.2 Å². The molecular weight excluding hydrogens is 300 g/mol. The summed E-state index contributed by atoms with van der Waals surface area (Å²) in [4.78, 5) is 9.42. The van der Waals surface area contributed by atoms with Gasteiger partial charge in [0.1, 0.15) is 0 Å². The minimum absolute atomic E-state index is 0.460. The van der Waals surface area contributed by atoms with Crippen molar-refractivity contribution in [1.29, 1.82) is 0 Å². The lowest BCUT2D eigenvalue weighted by molar-refractivity contribution is 0.0415. The molecule has 1 aliphatic rings. The number of nitrogens with one attached hydrogen (secondary N) is 1. The maximum atomic E-state index is 10.5. The highest BCUT2D eigenvalue weighted by Gasteiger charge is 2.24. The van der Waals surface area contributed by atoms with Crippen LogP contribution in [0.5, 0.6) is 0 Å². The topological polar surface area (TPSA) is 51.1 Å². The predicted octanol–water partition coefficient (Wildman–Crippen LogP) is 2.33. The molecule has 2 N–H and O–H groups in total. The third-order valence-electron chi connectivity index (χ3n) is 4.87. The number of benzene rings is 1. The van der Waals surface area contributed by atoms with Crippen molar-refractivity contribution in [3.05, 3.63) is 30.3 Å². The number of aliphatic imine (C=N–C) groups is 1. The van der Waals surface area contributed by atoms with Gasteiger partial charge in [0.2, 0.25) is 0 Å². The first kappa shape index (κ1) is 18.6. The summed E-state index contributed by atoms with van der Waals surface area (Å²) >= 11 is 0. The molecule has 0 saturated carbocycles. The summed E-state index contributed by atoms with van der Waals surface area (Å²) in [6.07, 6.45) is 1.46. The number of piperazine rings is 1. The van der Waals surface area contributed by atoms with E-state index in [1.54, 1.807) is 0 Å². The Morgan fingerprint density at radius 1 is 1.08 bits per heavy atom. The largest absolute Gasteiger partial charge is 0.388 e. The van der Waals surface area contributed by atoms with E-state index < -0.39 is 5.60 Å². The van der Waals surface area contributed by atoms with E-state index >= 15 is 0 Å². The Morgan fingerprint density at radius 3 is 2.25 bits per heavy atom. The molecule has 1 aliphatic heterocycles. The number of nitrogens with zero attached hydrogens (tertiary/aromatic N) is 3. The molecule has 0 amide bonds. The second-order valence-electron chi connectivity index (χ2n) is 6.41. The summed E-state index contributed by atoms with van der Waals surface area (Å²) in [7, 11) is 0. The van der Waals surface area contributed by atoms with E-state index in [0.717, 1.165) is 51.5 Å². The molecule has 0 radical (unpaired) electrons. The number of anilines is 1. The number of hydrogen-bond acceptors (Lipinski definition) is 3. The first-order chi connectivity index (χ1) is 11.6. The van der Waals surface area contributed by atoms with Gasteiger partial charge in [-0.25, -0.2) is 0 Å². The molecule has 0 aliphatic carbocycles. The molecule has 24 heavy (non-hydrogen) atoms. The minimum Gasteiger partial charge on any atom is -0.388 e. The van der Waals surface area contributed by atoms with Crippen LogP contribution in [0.4, 0.5) is 5.69 Å². The fraction of sp³-hybridized carbons (Fsp3) is 0.632. The Hall–Kier alpha value is -1.75. The third kappa shape index (κ3) is 4.87. The number of aliphatic hydroxyl groups is 1. The smallest absolute Gasteiger partial charge is 0.194 e. The van der Waals surface area contributed by atoms with Gasteiger partial charge in [0, 0.05) is 38.4 Å². The van der Waals surface area contributed by atoms with E-state index in [-0.39, 0.29) is 0 Å². The molecule has 5 heteroatoms. The summed E-state index contributed by atoms with van der Waals surface area (Å²) in [5.41, 5.74) is 0.595. The zero-order valence-electron chi connectivity index (χ0n) is 15.3. The predicted molar refractivity (Wildman–Crippen MR) is 102 cm³/mol. The number of para-hydroxylation sites is 1. The van der Waals surface area contributed by atoms with Crippen LogP contribution in [0.25, 0.3) is 0 Å². The molecule has 2 rings (SSSR count). The van der Waals surface area contributed by atoms with Crippen molar-refractivity contribution in [1.82, 2.24) is 10.2 Å². The van der Waals surface area contributed by atoms with Gasteiger partial charge in [-0.05, 0) is 31.9 Å². The molecule has 1 saturated heterocycles. The van der Waals surface area contributed by atoms with Gasteiger partial charge in [-0.2, -0.15) is 0 Å². The summed E-state index contributed by atoms with van der Waals surface area (Å²) in [6, 6.07) is 10.6. The van der Waals surface area contributed by atoms with E-state index in [2.05, 4.69) is 52.4 Å². The molecule has 0 unspecified atom stereocenters. The van der Waals surface area contributed by atoms with Gasteiger partial charge in [-0.1, -0.05) is 32.0 Å². The molecule has 1 fully saturated rings. The first-order valence-corrected chi connectivity index (χ1v) is 9.17. The SMILES string of the molecule is CCNC(=NCC(O)(CC)CC)N1CCN(c2ccccc2)CC1. The lowest BCUT2D eigenvalue weighted by atomic mass is 9.98. The van der Waals surface area contributed by atoms with Crippen molar-refractivity contribution in [3.8, 4) is 0 Å². The van der Waals surface area contributed by atoms with Gasteiger partial charge in [0.05, 0.1) is 12.1 Å². The Labute approximate surface area is 146 Å². The van der Waals surface area contributed by atoms with Crippen molar-refractivity contribution in [2.75, 3.05) is 44.2 Å². The number of hydrogen-bond donors (Lipinski definition) is 2.